The molecular formula is C19H18F3N7O. The fourth-order valence-electron chi connectivity index (χ4n) is 3.66. The lowest BCUT2D eigenvalue weighted by atomic mass is 10.1. The fourth-order valence-corrected chi connectivity index (χ4v) is 3.66. The van der Waals surface area contributed by atoms with Crippen molar-refractivity contribution in [1.82, 2.24) is 34.8 Å². The molecule has 11 heteroatoms. The molecule has 5 rings (SSSR count). The second-order valence-corrected chi connectivity index (χ2v) is 7.61. The van der Waals surface area contributed by atoms with E-state index in [2.05, 4.69) is 25.5 Å². The Morgan fingerprint density at radius 3 is 2.73 bits per heavy atom. The summed E-state index contributed by atoms with van der Waals surface area (Å²) in [5.41, 5.74) is 0.512. The number of nitrogens with zero attached hydrogens (tertiary/aromatic N) is 6. The van der Waals surface area contributed by atoms with Gasteiger partial charge in [0.1, 0.15) is 5.69 Å². The van der Waals surface area contributed by atoms with Gasteiger partial charge < -0.3 is 5.32 Å². The maximum Gasteiger partial charge on any atom is 0.433 e. The maximum absolute atomic E-state index is 13.0. The molecule has 1 unspecified atom stereocenters. The quantitative estimate of drug-likeness (QED) is 0.705. The molecule has 4 heterocycles. The first kappa shape index (κ1) is 18.8. The highest BCUT2D eigenvalue weighted by molar-refractivity contribution is 5.91. The predicted octanol–water partition coefficient (Wildman–Crippen LogP) is 2.84. The topological polar surface area (TPSA) is 90.5 Å². The summed E-state index contributed by atoms with van der Waals surface area (Å²) in [7, 11) is 1.69. The Balaban J connectivity index is 1.37. The number of carbonyl (C=O) groups excluding carboxylic acids is 1. The third-order valence-electron chi connectivity index (χ3n) is 5.37. The first-order valence-electron chi connectivity index (χ1n) is 9.63. The zero-order valence-corrected chi connectivity index (χ0v) is 16.0. The number of hydrogen-bond donors (Lipinski definition) is 1. The van der Waals surface area contributed by atoms with Crippen LogP contribution >= 0.6 is 0 Å². The van der Waals surface area contributed by atoms with Gasteiger partial charge in [-0.2, -0.15) is 23.4 Å². The van der Waals surface area contributed by atoms with E-state index >= 15 is 0 Å². The number of pyridine rings is 1. The summed E-state index contributed by atoms with van der Waals surface area (Å²) in [6.07, 6.45) is -0.676. The minimum Gasteiger partial charge on any atom is -0.341 e. The van der Waals surface area contributed by atoms with Gasteiger partial charge in [-0.25, -0.2) is 9.67 Å². The van der Waals surface area contributed by atoms with Crippen LogP contribution in [0.15, 0.2) is 24.4 Å². The average molecular weight is 417 g/mol. The Kier molecular flexibility index (Phi) is 4.16. The van der Waals surface area contributed by atoms with Gasteiger partial charge in [-0.15, -0.1) is 0 Å². The Bertz CT molecular complexity index is 1130. The minimum absolute atomic E-state index is 0.249. The van der Waals surface area contributed by atoms with E-state index in [0.717, 1.165) is 30.8 Å². The van der Waals surface area contributed by atoms with Gasteiger partial charge in [-0.1, -0.05) is 0 Å². The second-order valence-electron chi connectivity index (χ2n) is 7.61. The number of rotatable bonds is 4. The molecule has 3 aromatic rings. The van der Waals surface area contributed by atoms with Crippen molar-refractivity contribution in [2.45, 2.75) is 43.9 Å². The zero-order chi connectivity index (χ0) is 21.0. The van der Waals surface area contributed by atoms with Crippen molar-refractivity contribution in [3.05, 3.63) is 47.4 Å². The number of fused-ring (bicyclic) bond motifs is 1. The molecule has 1 aliphatic carbocycles. The SMILES string of the molecule is Cn1nc(C2CC2)nc1C(=O)NC1CCn2nc(-c3ccnc(C(F)(F)F)c3)cc21. The third-order valence-corrected chi connectivity index (χ3v) is 5.37. The molecule has 1 saturated carbocycles. The number of nitrogens with one attached hydrogen (secondary N) is 1. The van der Waals surface area contributed by atoms with Gasteiger partial charge in [-0.05, 0) is 37.5 Å². The monoisotopic (exact) mass is 417 g/mol. The number of halogens is 3. The molecule has 0 aromatic carbocycles. The summed E-state index contributed by atoms with van der Waals surface area (Å²) in [5, 5.41) is 11.7. The predicted molar refractivity (Wildman–Crippen MR) is 98.3 cm³/mol. The molecule has 0 saturated heterocycles. The van der Waals surface area contributed by atoms with Crippen molar-refractivity contribution >= 4 is 5.91 Å². The molecule has 2 aliphatic rings. The van der Waals surface area contributed by atoms with Crippen molar-refractivity contribution in [1.29, 1.82) is 0 Å². The van der Waals surface area contributed by atoms with Crippen LogP contribution in [-0.2, 0) is 19.8 Å². The Morgan fingerprint density at radius 1 is 1.20 bits per heavy atom. The van der Waals surface area contributed by atoms with Gasteiger partial charge in [0.2, 0.25) is 5.82 Å². The fraction of sp³-hybridized carbons (Fsp3) is 0.421. The van der Waals surface area contributed by atoms with Crippen molar-refractivity contribution in [2.75, 3.05) is 0 Å². The smallest absolute Gasteiger partial charge is 0.341 e. The third kappa shape index (κ3) is 3.33. The first-order chi connectivity index (χ1) is 14.3. The van der Waals surface area contributed by atoms with Crippen LogP contribution in [0.3, 0.4) is 0 Å². The maximum atomic E-state index is 13.0. The highest BCUT2D eigenvalue weighted by Gasteiger charge is 2.34. The lowest BCUT2D eigenvalue weighted by Gasteiger charge is -2.11. The van der Waals surface area contributed by atoms with Crippen LogP contribution in [0.25, 0.3) is 11.3 Å². The van der Waals surface area contributed by atoms with E-state index in [4.69, 9.17) is 0 Å². The van der Waals surface area contributed by atoms with Crippen LogP contribution in [-0.4, -0.2) is 35.4 Å². The van der Waals surface area contributed by atoms with Gasteiger partial charge in [0.15, 0.2) is 5.82 Å². The first-order valence-corrected chi connectivity index (χ1v) is 9.63. The number of carbonyl (C=O) groups is 1. The van der Waals surface area contributed by atoms with Crippen LogP contribution in [0.5, 0.6) is 0 Å². The van der Waals surface area contributed by atoms with Gasteiger partial charge >= 0.3 is 6.18 Å². The van der Waals surface area contributed by atoms with Gasteiger partial charge in [0.25, 0.3) is 5.91 Å². The summed E-state index contributed by atoms with van der Waals surface area (Å²) in [4.78, 5) is 20.5. The molecule has 0 bridgehead atoms. The van der Waals surface area contributed by atoms with Crippen molar-refractivity contribution in [2.24, 2.45) is 7.05 Å². The lowest BCUT2D eigenvalue weighted by Crippen LogP contribution is -2.29. The molecule has 30 heavy (non-hydrogen) atoms. The minimum atomic E-state index is -4.52. The van der Waals surface area contributed by atoms with E-state index in [1.54, 1.807) is 17.8 Å². The van der Waals surface area contributed by atoms with E-state index in [9.17, 15) is 18.0 Å². The largest absolute Gasteiger partial charge is 0.433 e. The lowest BCUT2D eigenvalue weighted by molar-refractivity contribution is -0.141. The highest BCUT2D eigenvalue weighted by Crippen LogP contribution is 2.38. The van der Waals surface area contributed by atoms with E-state index in [1.807, 2.05) is 0 Å². The van der Waals surface area contributed by atoms with Crippen molar-refractivity contribution in [3.8, 4) is 11.3 Å². The van der Waals surface area contributed by atoms with E-state index in [0.29, 0.717) is 36.0 Å². The molecule has 1 N–H and O–H groups in total. The van der Waals surface area contributed by atoms with E-state index in [-0.39, 0.29) is 17.8 Å². The van der Waals surface area contributed by atoms with Crippen LogP contribution in [0.4, 0.5) is 13.2 Å². The summed E-state index contributed by atoms with van der Waals surface area (Å²) in [5.74, 6) is 0.954. The molecule has 0 spiro atoms. The number of aryl methyl sites for hydroxylation is 2. The normalized spacial score (nSPS) is 18.5. The molecule has 1 aliphatic heterocycles. The molecule has 1 fully saturated rings. The summed E-state index contributed by atoms with van der Waals surface area (Å²) < 4.78 is 42.0. The zero-order valence-electron chi connectivity index (χ0n) is 16.0. The molecule has 8 nitrogen and oxygen atoms in total. The van der Waals surface area contributed by atoms with Crippen LogP contribution in [0, 0.1) is 0 Å². The summed E-state index contributed by atoms with van der Waals surface area (Å²) in [6, 6.07) is 3.87. The molecular weight excluding hydrogens is 399 g/mol. The molecule has 1 atom stereocenters. The summed E-state index contributed by atoms with van der Waals surface area (Å²) >= 11 is 0. The van der Waals surface area contributed by atoms with E-state index in [1.165, 1.54) is 10.7 Å². The highest BCUT2D eigenvalue weighted by atomic mass is 19.4. The standard InChI is InChI=1S/C19H18F3N7O/c1-28-17(25-16(27-28)10-2-3-10)18(30)24-12-5-7-29-14(12)9-13(26-29)11-4-6-23-15(8-11)19(20,21)22/h4,6,8-10,12H,2-3,5,7H2,1H3,(H,24,30). The van der Waals surface area contributed by atoms with Gasteiger partial charge in [0.05, 0.1) is 17.4 Å². The summed E-state index contributed by atoms with van der Waals surface area (Å²) in [6.45, 7) is 0.559. The van der Waals surface area contributed by atoms with Crippen molar-refractivity contribution in [3.63, 3.8) is 0 Å². The Hall–Kier alpha value is -3.24. The number of aromatic nitrogens is 6. The second kappa shape index (κ2) is 6.64. The average Bonchev–Trinajstić information content (AvgIpc) is 3.18. The van der Waals surface area contributed by atoms with Crippen molar-refractivity contribution < 1.29 is 18.0 Å². The van der Waals surface area contributed by atoms with Gasteiger partial charge in [-0.3, -0.25) is 14.5 Å². The molecule has 1 amide bonds. The number of amides is 1. The van der Waals surface area contributed by atoms with Gasteiger partial charge in [0, 0.05) is 31.3 Å². The molecule has 3 aromatic heterocycles. The van der Waals surface area contributed by atoms with Crippen LogP contribution in [0.1, 0.15) is 59.1 Å². The molecule has 156 valence electrons. The molecule has 0 radical (unpaired) electrons. The number of hydrogen-bond acceptors (Lipinski definition) is 5. The van der Waals surface area contributed by atoms with E-state index < -0.39 is 11.9 Å². The Labute approximate surface area is 169 Å². The van der Waals surface area contributed by atoms with Crippen LogP contribution in [0.2, 0.25) is 0 Å². The van der Waals surface area contributed by atoms with Crippen LogP contribution < -0.4 is 5.32 Å². The number of alkyl halides is 3. The Morgan fingerprint density at radius 2 is 2.00 bits per heavy atom.